The molecule has 0 bridgehead atoms. The fourth-order valence-corrected chi connectivity index (χ4v) is 3.42. The molecule has 2 heterocycles. The number of furan rings is 1. The number of hydrogen-bond donors (Lipinski definition) is 1. The molecule has 6 heteroatoms. The zero-order valence-electron chi connectivity index (χ0n) is 11.9. The largest absolute Gasteiger partial charge is 0.459 e. The molecular weight excluding hydrogens is 306 g/mol. The topological polar surface area (TPSA) is 51.0 Å². The predicted octanol–water partition coefficient (Wildman–Crippen LogP) is 4.20. The maximum absolute atomic E-state index is 6.03. The van der Waals surface area contributed by atoms with E-state index in [-0.39, 0.29) is 6.04 Å². The predicted molar refractivity (Wildman–Crippen MR) is 86.0 cm³/mol. The Kier molecular flexibility index (Phi) is 4.24. The number of fused-ring (bicyclic) bond motifs is 1. The third-order valence-corrected chi connectivity index (χ3v) is 4.47. The van der Waals surface area contributed by atoms with Crippen molar-refractivity contribution in [2.75, 3.05) is 7.05 Å². The highest BCUT2D eigenvalue weighted by Gasteiger charge is 2.22. The van der Waals surface area contributed by atoms with E-state index in [2.05, 4.69) is 21.8 Å². The maximum Gasteiger partial charge on any atom is 0.134 e. The van der Waals surface area contributed by atoms with Crippen molar-refractivity contribution in [2.45, 2.75) is 25.8 Å². The molecule has 3 aromatic rings. The molecular formula is C15H16ClN3OS. The van der Waals surface area contributed by atoms with Crippen molar-refractivity contribution in [3.05, 3.63) is 45.6 Å². The molecule has 0 fully saturated rings. The first kappa shape index (κ1) is 14.5. The summed E-state index contributed by atoms with van der Waals surface area (Å²) in [6.45, 7) is 2.14. The van der Waals surface area contributed by atoms with Gasteiger partial charge in [0.1, 0.15) is 17.4 Å². The Morgan fingerprint density at radius 2 is 2.24 bits per heavy atom. The van der Waals surface area contributed by atoms with Crippen molar-refractivity contribution >= 4 is 34.1 Å². The minimum absolute atomic E-state index is 0.0299. The van der Waals surface area contributed by atoms with Gasteiger partial charge >= 0.3 is 0 Å². The van der Waals surface area contributed by atoms with Crippen LogP contribution in [0, 0.1) is 0 Å². The van der Waals surface area contributed by atoms with Crippen LogP contribution in [0.1, 0.15) is 35.7 Å². The second kappa shape index (κ2) is 6.13. The van der Waals surface area contributed by atoms with E-state index in [1.54, 1.807) is 0 Å². The van der Waals surface area contributed by atoms with E-state index in [1.807, 2.05) is 31.3 Å². The Balaban J connectivity index is 2.03. The monoisotopic (exact) mass is 321 g/mol. The van der Waals surface area contributed by atoms with Gasteiger partial charge in [0, 0.05) is 10.4 Å². The van der Waals surface area contributed by atoms with Gasteiger partial charge in [-0.3, -0.25) is 0 Å². The maximum atomic E-state index is 6.03. The lowest BCUT2D eigenvalue weighted by atomic mass is 10.1. The Morgan fingerprint density at radius 3 is 3.00 bits per heavy atom. The second-order valence-corrected chi connectivity index (χ2v) is 6.11. The van der Waals surface area contributed by atoms with Crippen LogP contribution in [0.3, 0.4) is 0 Å². The average Bonchev–Trinajstić information content (AvgIpc) is 3.07. The third-order valence-electron chi connectivity index (χ3n) is 3.40. The van der Waals surface area contributed by atoms with Gasteiger partial charge in [0.2, 0.25) is 0 Å². The molecule has 110 valence electrons. The van der Waals surface area contributed by atoms with E-state index < -0.39 is 0 Å². The number of hydrogen-bond acceptors (Lipinski definition) is 5. The number of benzene rings is 1. The van der Waals surface area contributed by atoms with Crippen LogP contribution < -0.4 is 5.32 Å². The van der Waals surface area contributed by atoms with Crippen molar-refractivity contribution in [3.8, 4) is 0 Å². The molecule has 3 rings (SSSR count). The Labute approximate surface area is 132 Å². The lowest BCUT2D eigenvalue weighted by Gasteiger charge is -2.12. The SMILES string of the molecule is CCCc1nnsc1C(NC)c1cc2cc(Cl)ccc2o1. The highest BCUT2D eigenvalue weighted by Crippen LogP contribution is 2.32. The lowest BCUT2D eigenvalue weighted by Crippen LogP contribution is -2.17. The molecule has 1 atom stereocenters. The van der Waals surface area contributed by atoms with Crippen LogP contribution in [0.2, 0.25) is 5.02 Å². The third kappa shape index (κ3) is 2.81. The number of aryl methyl sites for hydroxylation is 1. The summed E-state index contributed by atoms with van der Waals surface area (Å²) in [7, 11) is 1.92. The molecule has 0 aliphatic carbocycles. The van der Waals surface area contributed by atoms with Crippen molar-refractivity contribution < 1.29 is 4.42 Å². The van der Waals surface area contributed by atoms with Crippen LogP contribution in [0.25, 0.3) is 11.0 Å². The Hall–Kier alpha value is -1.43. The van der Waals surface area contributed by atoms with E-state index in [1.165, 1.54) is 11.5 Å². The molecule has 1 aromatic carbocycles. The lowest BCUT2D eigenvalue weighted by molar-refractivity contribution is 0.493. The molecule has 0 spiro atoms. The smallest absolute Gasteiger partial charge is 0.134 e. The average molecular weight is 322 g/mol. The van der Waals surface area contributed by atoms with E-state index in [0.29, 0.717) is 5.02 Å². The van der Waals surface area contributed by atoms with Gasteiger partial charge in [-0.05, 0) is 49.3 Å². The number of aromatic nitrogens is 2. The van der Waals surface area contributed by atoms with Crippen LogP contribution in [-0.2, 0) is 6.42 Å². The highest BCUT2D eigenvalue weighted by atomic mass is 35.5. The molecule has 0 amide bonds. The van der Waals surface area contributed by atoms with Gasteiger partial charge in [0.15, 0.2) is 0 Å². The molecule has 21 heavy (non-hydrogen) atoms. The molecule has 0 aliphatic heterocycles. The summed E-state index contributed by atoms with van der Waals surface area (Å²) in [6.07, 6.45) is 1.97. The number of halogens is 1. The zero-order valence-corrected chi connectivity index (χ0v) is 13.5. The quantitative estimate of drug-likeness (QED) is 0.765. The van der Waals surface area contributed by atoms with Crippen LogP contribution >= 0.6 is 23.1 Å². The normalized spacial score (nSPS) is 12.9. The number of nitrogens with one attached hydrogen (secondary N) is 1. The van der Waals surface area contributed by atoms with Crippen LogP contribution in [0.15, 0.2) is 28.7 Å². The zero-order chi connectivity index (χ0) is 14.8. The fourth-order valence-electron chi connectivity index (χ4n) is 2.42. The molecule has 2 aromatic heterocycles. The number of nitrogens with zero attached hydrogens (tertiary/aromatic N) is 2. The van der Waals surface area contributed by atoms with Gasteiger partial charge in [0.25, 0.3) is 0 Å². The van der Waals surface area contributed by atoms with Gasteiger partial charge in [-0.1, -0.05) is 29.4 Å². The van der Waals surface area contributed by atoms with E-state index >= 15 is 0 Å². The van der Waals surface area contributed by atoms with E-state index in [0.717, 1.165) is 40.1 Å². The molecule has 1 unspecified atom stereocenters. The minimum Gasteiger partial charge on any atom is -0.459 e. The van der Waals surface area contributed by atoms with Gasteiger partial charge in [-0.15, -0.1) is 5.10 Å². The van der Waals surface area contributed by atoms with Crippen LogP contribution in [0.4, 0.5) is 0 Å². The van der Waals surface area contributed by atoms with Crippen molar-refractivity contribution in [1.29, 1.82) is 0 Å². The molecule has 4 nitrogen and oxygen atoms in total. The van der Waals surface area contributed by atoms with Gasteiger partial charge in [-0.2, -0.15) is 0 Å². The summed E-state index contributed by atoms with van der Waals surface area (Å²) in [5.41, 5.74) is 1.88. The van der Waals surface area contributed by atoms with Gasteiger partial charge in [0.05, 0.1) is 10.6 Å². The van der Waals surface area contributed by atoms with Crippen LogP contribution in [0.5, 0.6) is 0 Å². The van der Waals surface area contributed by atoms with Crippen molar-refractivity contribution in [2.24, 2.45) is 0 Å². The second-order valence-electron chi connectivity index (χ2n) is 4.89. The highest BCUT2D eigenvalue weighted by molar-refractivity contribution is 7.05. The number of rotatable bonds is 5. The van der Waals surface area contributed by atoms with E-state index in [4.69, 9.17) is 16.0 Å². The summed E-state index contributed by atoms with van der Waals surface area (Å²) < 4.78 is 10.1. The molecule has 0 saturated heterocycles. The van der Waals surface area contributed by atoms with E-state index in [9.17, 15) is 0 Å². The minimum atomic E-state index is -0.0299. The van der Waals surface area contributed by atoms with Gasteiger partial charge in [-0.25, -0.2) is 0 Å². The Bertz CT molecular complexity index is 752. The first-order valence-electron chi connectivity index (χ1n) is 6.90. The first-order chi connectivity index (χ1) is 10.2. The van der Waals surface area contributed by atoms with Crippen molar-refractivity contribution in [1.82, 2.24) is 14.9 Å². The standard InChI is InChI=1S/C15H16ClN3OS/c1-3-4-11-15(21-19-18-11)14(17-2)13-8-9-7-10(16)5-6-12(9)20-13/h5-8,14,17H,3-4H2,1-2H3. The molecule has 0 saturated carbocycles. The summed E-state index contributed by atoms with van der Waals surface area (Å²) in [5, 5.41) is 9.25. The van der Waals surface area contributed by atoms with Crippen molar-refractivity contribution in [3.63, 3.8) is 0 Å². The summed E-state index contributed by atoms with van der Waals surface area (Å²) in [6, 6.07) is 7.64. The molecule has 0 aliphatic rings. The molecule has 1 N–H and O–H groups in total. The summed E-state index contributed by atoms with van der Waals surface area (Å²) in [4.78, 5) is 1.12. The summed E-state index contributed by atoms with van der Waals surface area (Å²) >= 11 is 7.45. The first-order valence-corrected chi connectivity index (χ1v) is 8.05. The summed E-state index contributed by atoms with van der Waals surface area (Å²) in [5.74, 6) is 0.859. The fraction of sp³-hybridized carbons (Fsp3) is 0.333. The van der Waals surface area contributed by atoms with Gasteiger partial charge < -0.3 is 9.73 Å². The molecule has 0 radical (unpaired) electrons. The Morgan fingerprint density at radius 1 is 1.38 bits per heavy atom. The van der Waals surface area contributed by atoms with Crippen LogP contribution in [-0.4, -0.2) is 16.6 Å².